The normalized spacial score (nSPS) is 13.6. The fraction of sp³-hybridized carbons (Fsp3) is 0.231. The molecule has 2 aromatic carbocycles. The quantitative estimate of drug-likeness (QED) is 0.461. The standard InChI is InChI=1S/C26H27N3O3S/c1-5-28(6-2)19-12-10-18(11-13-19)27-24-23(22-8-7-15-33-22)25(30)29(26(24)31)20-16-17(3)9-14-21(20)32-4/h7-16,27H,5-6H2,1-4H3. The molecule has 0 unspecified atom stereocenters. The lowest BCUT2D eigenvalue weighted by atomic mass is 10.1. The van der Waals surface area contributed by atoms with Crippen molar-refractivity contribution < 1.29 is 14.3 Å². The monoisotopic (exact) mass is 461 g/mol. The van der Waals surface area contributed by atoms with E-state index in [1.807, 2.05) is 54.8 Å². The summed E-state index contributed by atoms with van der Waals surface area (Å²) in [6, 6.07) is 17.1. The van der Waals surface area contributed by atoms with Crippen molar-refractivity contribution >= 4 is 45.8 Å². The van der Waals surface area contributed by atoms with E-state index in [1.54, 1.807) is 12.1 Å². The number of benzene rings is 2. The summed E-state index contributed by atoms with van der Waals surface area (Å²) in [7, 11) is 1.53. The fourth-order valence-electron chi connectivity index (χ4n) is 3.98. The summed E-state index contributed by atoms with van der Waals surface area (Å²) in [5.74, 6) is -0.300. The molecule has 1 aromatic heterocycles. The molecule has 2 amide bonds. The molecule has 0 saturated heterocycles. The van der Waals surface area contributed by atoms with Gasteiger partial charge < -0.3 is 15.0 Å². The van der Waals surface area contributed by atoms with Gasteiger partial charge in [-0.2, -0.15) is 0 Å². The predicted octanol–water partition coefficient (Wildman–Crippen LogP) is 5.31. The molecule has 4 rings (SSSR count). The number of anilines is 3. The maximum Gasteiger partial charge on any atom is 0.282 e. The molecule has 1 aliphatic heterocycles. The van der Waals surface area contributed by atoms with Crippen LogP contribution < -0.4 is 19.9 Å². The first-order valence-corrected chi connectivity index (χ1v) is 11.8. The highest BCUT2D eigenvalue weighted by Crippen LogP contribution is 2.39. The van der Waals surface area contributed by atoms with E-state index in [2.05, 4.69) is 24.1 Å². The average Bonchev–Trinajstić information content (AvgIpc) is 3.42. The van der Waals surface area contributed by atoms with E-state index in [4.69, 9.17) is 4.74 Å². The van der Waals surface area contributed by atoms with Crippen molar-refractivity contribution in [3.63, 3.8) is 0 Å². The molecule has 0 aliphatic carbocycles. The van der Waals surface area contributed by atoms with Crippen LogP contribution in [0.2, 0.25) is 0 Å². The molecule has 1 aliphatic rings. The number of nitrogens with one attached hydrogen (secondary N) is 1. The molecule has 7 heteroatoms. The minimum atomic E-state index is -0.403. The Hall–Kier alpha value is -3.58. The summed E-state index contributed by atoms with van der Waals surface area (Å²) < 4.78 is 5.46. The zero-order valence-electron chi connectivity index (χ0n) is 19.2. The number of methoxy groups -OCH3 is 1. The van der Waals surface area contributed by atoms with Crippen LogP contribution in [0.15, 0.2) is 65.7 Å². The van der Waals surface area contributed by atoms with Crippen LogP contribution in [0, 0.1) is 6.92 Å². The lowest BCUT2D eigenvalue weighted by molar-refractivity contribution is -0.120. The third kappa shape index (κ3) is 4.24. The van der Waals surface area contributed by atoms with Crippen molar-refractivity contribution in [3.05, 3.63) is 76.1 Å². The highest BCUT2D eigenvalue weighted by atomic mass is 32.1. The molecular formula is C26H27N3O3S. The molecule has 0 radical (unpaired) electrons. The van der Waals surface area contributed by atoms with Crippen LogP contribution in [0.25, 0.3) is 5.57 Å². The van der Waals surface area contributed by atoms with E-state index in [0.717, 1.165) is 34.9 Å². The largest absolute Gasteiger partial charge is 0.495 e. The smallest absolute Gasteiger partial charge is 0.282 e. The maximum absolute atomic E-state index is 13.6. The summed E-state index contributed by atoms with van der Waals surface area (Å²) in [6.07, 6.45) is 0. The number of imide groups is 1. The van der Waals surface area contributed by atoms with Crippen molar-refractivity contribution in [1.29, 1.82) is 0 Å². The van der Waals surface area contributed by atoms with Crippen LogP contribution in [-0.4, -0.2) is 32.0 Å². The molecule has 2 heterocycles. The number of thiophene rings is 1. The van der Waals surface area contributed by atoms with Crippen LogP contribution in [-0.2, 0) is 9.59 Å². The average molecular weight is 462 g/mol. The number of aryl methyl sites for hydroxylation is 1. The summed E-state index contributed by atoms with van der Waals surface area (Å²) in [6.45, 7) is 7.97. The second-order valence-electron chi connectivity index (χ2n) is 7.69. The Morgan fingerprint density at radius 2 is 1.73 bits per heavy atom. The number of carbonyl (C=O) groups is 2. The van der Waals surface area contributed by atoms with Crippen molar-refractivity contribution in [2.75, 3.05) is 35.3 Å². The third-order valence-electron chi connectivity index (χ3n) is 5.69. The maximum atomic E-state index is 13.6. The number of hydrogen-bond donors (Lipinski definition) is 1. The molecule has 6 nitrogen and oxygen atoms in total. The molecule has 3 aromatic rings. The molecule has 0 atom stereocenters. The molecule has 0 saturated carbocycles. The molecular weight excluding hydrogens is 434 g/mol. The first kappa shape index (κ1) is 22.6. The molecule has 1 N–H and O–H groups in total. The highest BCUT2D eigenvalue weighted by Gasteiger charge is 2.41. The Balaban J connectivity index is 1.74. The first-order chi connectivity index (χ1) is 16.0. The van der Waals surface area contributed by atoms with Crippen LogP contribution >= 0.6 is 11.3 Å². The van der Waals surface area contributed by atoms with Crippen molar-refractivity contribution in [1.82, 2.24) is 0 Å². The second-order valence-corrected chi connectivity index (χ2v) is 8.64. The minimum Gasteiger partial charge on any atom is -0.495 e. The second kappa shape index (κ2) is 9.50. The zero-order valence-corrected chi connectivity index (χ0v) is 20.0. The molecule has 170 valence electrons. The fourth-order valence-corrected chi connectivity index (χ4v) is 4.75. The van der Waals surface area contributed by atoms with Crippen LogP contribution in [0.4, 0.5) is 17.1 Å². The number of ether oxygens (including phenoxy) is 1. The molecule has 0 fully saturated rings. The van der Waals surface area contributed by atoms with Gasteiger partial charge in [-0.05, 0) is 74.2 Å². The van der Waals surface area contributed by atoms with Crippen molar-refractivity contribution in [2.24, 2.45) is 0 Å². The van der Waals surface area contributed by atoms with Crippen LogP contribution in [0.3, 0.4) is 0 Å². The van der Waals surface area contributed by atoms with Crippen LogP contribution in [0.1, 0.15) is 24.3 Å². The Kier molecular flexibility index (Phi) is 6.51. The SMILES string of the molecule is CCN(CC)c1ccc(NC2=C(c3cccs3)C(=O)N(c3cc(C)ccc3OC)C2=O)cc1. The predicted molar refractivity (Wildman–Crippen MR) is 135 cm³/mol. The van der Waals surface area contributed by atoms with E-state index in [9.17, 15) is 9.59 Å². The van der Waals surface area contributed by atoms with Gasteiger partial charge in [-0.1, -0.05) is 12.1 Å². The van der Waals surface area contributed by atoms with Gasteiger partial charge in [-0.15, -0.1) is 11.3 Å². The van der Waals surface area contributed by atoms with Crippen molar-refractivity contribution in [2.45, 2.75) is 20.8 Å². The number of carbonyl (C=O) groups excluding carboxylic acids is 2. The number of amides is 2. The summed E-state index contributed by atoms with van der Waals surface area (Å²) >= 11 is 1.43. The number of rotatable bonds is 8. The molecule has 0 spiro atoms. The topological polar surface area (TPSA) is 61.9 Å². The zero-order chi connectivity index (χ0) is 23.5. The van der Waals surface area contributed by atoms with Crippen molar-refractivity contribution in [3.8, 4) is 5.75 Å². The van der Waals surface area contributed by atoms with Gasteiger partial charge in [0, 0.05) is 29.3 Å². The first-order valence-electron chi connectivity index (χ1n) is 10.9. The molecule has 33 heavy (non-hydrogen) atoms. The number of hydrogen-bond acceptors (Lipinski definition) is 6. The highest BCUT2D eigenvalue weighted by molar-refractivity contribution is 7.11. The summed E-state index contributed by atoms with van der Waals surface area (Å²) in [5.41, 5.74) is 3.85. The number of nitrogens with zero attached hydrogens (tertiary/aromatic N) is 2. The lowest BCUT2D eigenvalue weighted by Gasteiger charge is -2.21. The van der Waals surface area contributed by atoms with Gasteiger partial charge in [0.2, 0.25) is 0 Å². The third-order valence-corrected chi connectivity index (χ3v) is 6.58. The lowest BCUT2D eigenvalue weighted by Crippen LogP contribution is -2.32. The van der Waals surface area contributed by atoms with Gasteiger partial charge in [-0.3, -0.25) is 9.59 Å². The van der Waals surface area contributed by atoms with Gasteiger partial charge in [0.25, 0.3) is 11.8 Å². The van der Waals surface area contributed by atoms with Gasteiger partial charge in [0.05, 0.1) is 18.4 Å². The minimum absolute atomic E-state index is 0.265. The Morgan fingerprint density at radius 1 is 1.00 bits per heavy atom. The Labute approximate surface area is 198 Å². The van der Waals surface area contributed by atoms with Crippen LogP contribution in [0.5, 0.6) is 5.75 Å². The summed E-state index contributed by atoms with van der Waals surface area (Å²) in [4.78, 5) is 31.4. The van der Waals surface area contributed by atoms with Gasteiger partial charge >= 0.3 is 0 Å². The van der Waals surface area contributed by atoms with E-state index >= 15 is 0 Å². The van der Waals surface area contributed by atoms with E-state index in [1.165, 1.54) is 23.3 Å². The van der Waals surface area contributed by atoms with E-state index < -0.39 is 5.91 Å². The summed E-state index contributed by atoms with van der Waals surface area (Å²) in [5, 5.41) is 5.12. The van der Waals surface area contributed by atoms with Gasteiger partial charge in [0.1, 0.15) is 11.4 Å². The molecule has 0 bridgehead atoms. The Morgan fingerprint density at radius 3 is 2.33 bits per heavy atom. The van der Waals surface area contributed by atoms with Gasteiger partial charge in [-0.25, -0.2) is 4.90 Å². The Bertz CT molecular complexity index is 1200. The van der Waals surface area contributed by atoms with Gasteiger partial charge in [0.15, 0.2) is 0 Å². The van der Waals surface area contributed by atoms with E-state index in [-0.39, 0.29) is 11.6 Å². The van der Waals surface area contributed by atoms with E-state index in [0.29, 0.717) is 17.0 Å².